The smallest absolute Gasteiger partial charge is 0.0363 e. The van der Waals surface area contributed by atoms with Crippen LogP contribution < -0.4 is 5.32 Å². The quantitative estimate of drug-likeness (QED) is 0.741. The molecule has 1 heteroatoms. The standard InChI is InChI=1S/C20H23N/c1-3-11-19(4-2)21-20(18-14-9-6-10-15-18)16-17-12-7-5-8-13-17/h1,5-10,12-15,19-21H,4,11,16H2,2H3. The minimum Gasteiger partial charge on any atom is -0.306 e. The van der Waals surface area contributed by atoms with Crippen LogP contribution in [0.15, 0.2) is 60.7 Å². The first-order chi connectivity index (χ1) is 10.3. The molecule has 0 aromatic heterocycles. The van der Waals surface area contributed by atoms with Gasteiger partial charge in [-0.1, -0.05) is 67.6 Å². The van der Waals surface area contributed by atoms with Crippen LogP contribution in [0.25, 0.3) is 0 Å². The molecule has 2 atom stereocenters. The molecule has 2 aromatic carbocycles. The Bertz CT molecular complexity index is 553. The summed E-state index contributed by atoms with van der Waals surface area (Å²) < 4.78 is 0. The highest BCUT2D eigenvalue weighted by molar-refractivity contribution is 5.24. The molecular weight excluding hydrogens is 254 g/mol. The maximum atomic E-state index is 5.48. The summed E-state index contributed by atoms with van der Waals surface area (Å²) in [6.45, 7) is 2.18. The maximum absolute atomic E-state index is 5.48. The van der Waals surface area contributed by atoms with Crippen LogP contribution in [0.5, 0.6) is 0 Å². The van der Waals surface area contributed by atoms with E-state index in [9.17, 15) is 0 Å². The lowest BCUT2D eigenvalue weighted by Gasteiger charge is -2.24. The normalized spacial score (nSPS) is 13.3. The summed E-state index contributed by atoms with van der Waals surface area (Å²) in [5.41, 5.74) is 2.66. The number of hydrogen-bond acceptors (Lipinski definition) is 1. The van der Waals surface area contributed by atoms with Gasteiger partial charge in [0.1, 0.15) is 0 Å². The van der Waals surface area contributed by atoms with Crippen LogP contribution >= 0.6 is 0 Å². The lowest BCUT2D eigenvalue weighted by Crippen LogP contribution is -2.33. The third-order valence-corrected chi connectivity index (χ3v) is 3.78. The summed E-state index contributed by atoms with van der Waals surface area (Å²) >= 11 is 0. The lowest BCUT2D eigenvalue weighted by atomic mass is 9.97. The van der Waals surface area contributed by atoms with E-state index in [1.165, 1.54) is 11.1 Å². The fraction of sp³-hybridized carbons (Fsp3) is 0.300. The van der Waals surface area contributed by atoms with Crippen molar-refractivity contribution in [3.8, 4) is 12.3 Å². The lowest BCUT2D eigenvalue weighted by molar-refractivity contribution is 0.427. The Labute approximate surface area is 128 Å². The van der Waals surface area contributed by atoms with Crippen molar-refractivity contribution in [2.75, 3.05) is 0 Å². The Kier molecular flexibility index (Phi) is 6.06. The second kappa shape index (κ2) is 8.29. The average molecular weight is 277 g/mol. The van der Waals surface area contributed by atoms with Gasteiger partial charge >= 0.3 is 0 Å². The van der Waals surface area contributed by atoms with Gasteiger partial charge in [0.15, 0.2) is 0 Å². The van der Waals surface area contributed by atoms with E-state index in [-0.39, 0.29) is 0 Å². The van der Waals surface area contributed by atoms with Crippen molar-refractivity contribution in [1.29, 1.82) is 0 Å². The first-order valence-corrected chi connectivity index (χ1v) is 7.62. The maximum Gasteiger partial charge on any atom is 0.0363 e. The topological polar surface area (TPSA) is 12.0 Å². The van der Waals surface area contributed by atoms with Crippen molar-refractivity contribution in [3.63, 3.8) is 0 Å². The summed E-state index contributed by atoms with van der Waals surface area (Å²) in [5.74, 6) is 2.78. The molecule has 2 aromatic rings. The first-order valence-electron chi connectivity index (χ1n) is 7.62. The Morgan fingerprint density at radius 3 is 2.19 bits per heavy atom. The van der Waals surface area contributed by atoms with Crippen LogP contribution in [-0.4, -0.2) is 6.04 Å². The van der Waals surface area contributed by atoms with E-state index in [0.29, 0.717) is 12.1 Å². The molecule has 1 N–H and O–H groups in total. The van der Waals surface area contributed by atoms with E-state index >= 15 is 0 Å². The summed E-state index contributed by atoms with van der Waals surface area (Å²) in [6.07, 6.45) is 8.28. The van der Waals surface area contributed by atoms with Gasteiger partial charge in [-0.25, -0.2) is 0 Å². The predicted molar refractivity (Wildman–Crippen MR) is 90.0 cm³/mol. The molecule has 0 heterocycles. The molecular formula is C20H23N. The zero-order chi connectivity index (χ0) is 14.9. The largest absolute Gasteiger partial charge is 0.306 e. The predicted octanol–water partition coefficient (Wildman–Crippen LogP) is 4.36. The third-order valence-electron chi connectivity index (χ3n) is 3.78. The van der Waals surface area contributed by atoms with Crippen molar-refractivity contribution in [3.05, 3.63) is 71.8 Å². The molecule has 0 fully saturated rings. The van der Waals surface area contributed by atoms with E-state index in [4.69, 9.17) is 6.42 Å². The molecule has 0 bridgehead atoms. The van der Waals surface area contributed by atoms with Gasteiger partial charge in [0.25, 0.3) is 0 Å². The van der Waals surface area contributed by atoms with Crippen LogP contribution in [0, 0.1) is 12.3 Å². The highest BCUT2D eigenvalue weighted by Gasteiger charge is 2.15. The van der Waals surface area contributed by atoms with Crippen molar-refractivity contribution in [2.24, 2.45) is 0 Å². The highest BCUT2D eigenvalue weighted by atomic mass is 14.9. The molecule has 0 saturated carbocycles. The zero-order valence-corrected chi connectivity index (χ0v) is 12.6. The summed E-state index contributed by atoms with van der Waals surface area (Å²) in [4.78, 5) is 0. The molecule has 0 spiro atoms. The van der Waals surface area contributed by atoms with Gasteiger partial charge in [-0.3, -0.25) is 0 Å². The molecule has 0 saturated heterocycles. The van der Waals surface area contributed by atoms with Gasteiger partial charge in [0.2, 0.25) is 0 Å². The minimum atomic E-state index is 0.298. The second-order valence-electron chi connectivity index (χ2n) is 5.33. The SMILES string of the molecule is C#CCC(CC)NC(Cc1ccccc1)c1ccccc1. The van der Waals surface area contributed by atoms with Crippen LogP contribution in [0.1, 0.15) is 36.9 Å². The molecule has 0 radical (unpaired) electrons. The fourth-order valence-electron chi connectivity index (χ4n) is 2.56. The van der Waals surface area contributed by atoms with E-state index in [2.05, 4.69) is 78.8 Å². The molecule has 2 unspecified atom stereocenters. The van der Waals surface area contributed by atoms with Gasteiger partial charge in [0.05, 0.1) is 0 Å². The van der Waals surface area contributed by atoms with Crippen molar-refractivity contribution in [1.82, 2.24) is 5.32 Å². The van der Waals surface area contributed by atoms with Gasteiger partial charge in [-0.2, -0.15) is 0 Å². The van der Waals surface area contributed by atoms with E-state index in [1.807, 2.05) is 0 Å². The van der Waals surface area contributed by atoms with Gasteiger partial charge < -0.3 is 5.32 Å². The van der Waals surface area contributed by atoms with E-state index < -0.39 is 0 Å². The van der Waals surface area contributed by atoms with Gasteiger partial charge in [0, 0.05) is 18.5 Å². The van der Waals surface area contributed by atoms with Crippen LogP contribution in [0.4, 0.5) is 0 Å². The Morgan fingerprint density at radius 1 is 1.00 bits per heavy atom. The van der Waals surface area contributed by atoms with Gasteiger partial charge in [-0.15, -0.1) is 12.3 Å². The summed E-state index contributed by atoms with van der Waals surface area (Å²) in [5, 5.41) is 3.73. The number of hydrogen-bond donors (Lipinski definition) is 1. The zero-order valence-electron chi connectivity index (χ0n) is 12.6. The molecule has 1 nitrogen and oxygen atoms in total. The van der Waals surface area contributed by atoms with Crippen molar-refractivity contribution >= 4 is 0 Å². The second-order valence-corrected chi connectivity index (χ2v) is 5.33. The molecule has 0 aliphatic heterocycles. The number of benzene rings is 2. The molecule has 0 amide bonds. The Morgan fingerprint density at radius 2 is 1.62 bits per heavy atom. The summed E-state index contributed by atoms with van der Waals surface area (Å²) in [6, 6.07) is 21.9. The van der Waals surface area contributed by atoms with Crippen LogP contribution in [0.3, 0.4) is 0 Å². The molecule has 0 aliphatic carbocycles. The van der Waals surface area contributed by atoms with Crippen LogP contribution in [0.2, 0.25) is 0 Å². The molecule has 0 aliphatic rings. The fourth-order valence-corrected chi connectivity index (χ4v) is 2.56. The molecule has 2 rings (SSSR count). The van der Waals surface area contributed by atoms with E-state index in [0.717, 1.165) is 19.3 Å². The van der Waals surface area contributed by atoms with Crippen molar-refractivity contribution in [2.45, 2.75) is 38.3 Å². The number of terminal acetylenes is 1. The Hall–Kier alpha value is -2.04. The molecule has 108 valence electrons. The first kappa shape index (κ1) is 15.4. The minimum absolute atomic E-state index is 0.298. The van der Waals surface area contributed by atoms with Gasteiger partial charge in [-0.05, 0) is 24.0 Å². The monoisotopic (exact) mass is 277 g/mol. The Balaban J connectivity index is 2.16. The average Bonchev–Trinajstić information content (AvgIpc) is 2.55. The van der Waals surface area contributed by atoms with Crippen LogP contribution in [-0.2, 0) is 6.42 Å². The highest BCUT2D eigenvalue weighted by Crippen LogP contribution is 2.20. The number of rotatable bonds is 7. The third kappa shape index (κ3) is 4.77. The number of nitrogens with one attached hydrogen (secondary N) is 1. The van der Waals surface area contributed by atoms with Crippen molar-refractivity contribution < 1.29 is 0 Å². The molecule has 21 heavy (non-hydrogen) atoms. The summed E-state index contributed by atoms with van der Waals surface area (Å²) in [7, 11) is 0. The van der Waals surface area contributed by atoms with E-state index in [1.54, 1.807) is 0 Å².